The van der Waals surface area contributed by atoms with Gasteiger partial charge in [-0.25, -0.2) is 13.6 Å². The van der Waals surface area contributed by atoms with Crippen LogP contribution >= 0.6 is 23.2 Å². The summed E-state index contributed by atoms with van der Waals surface area (Å²) in [6.07, 6.45) is 1.61. The van der Waals surface area contributed by atoms with E-state index in [1.165, 1.54) is 6.07 Å². The molecule has 0 aliphatic carbocycles. The number of aromatic amines is 1. The van der Waals surface area contributed by atoms with Crippen LogP contribution in [0.3, 0.4) is 0 Å². The van der Waals surface area contributed by atoms with E-state index in [0.717, 1.165) is 0 Å². The van der Waals surface area contributed by atoms with Gasteiger partial charge in [0.1, 0.15) is 0 Å². The van der Waals surface area contributed by atoms with Crippen molar-refractivity contribution in [3.63, 3.8) is 0 Å². The second kappa shape index (κ2) is 5.03. The summed E-state index contributed by atoms with van der Waals surface area (Å²) in [7, 11) is -3.83. The van der Waals surface area contributed by atoms with Gasteiger partial charge in [0.2, 0.25) is 10.0 Å². The Hall–Kier alpha value is -1.53. The highest BCUT2D eigenvalue weighted by atomic mass is 35.5. The molecule has 0 saturated heterocycles. The van der Waals surface area contributed by atoms with Crippen molar-refractivity contribution in [3.05, 3.63) is 52.6 Å². The van der Waals surface area contributed by atoms with Crippen LogP contribution in [-0.2, 0) is 10.0 Å². The summed E-state index contributed by atoms with van der Waals surface area (Å²) < 4.78 is 23.5. The highest BCUT2D eigenvalue weighted by Gasteiger charge is 2.18. The molecule has 4 nitrogen and oxygen atoms in total. The number of fused-ring (bicyclic) bond motifs is 1. The molecule has 2 aromatic carbocycles. The monoisotopic (exact) mass is 340 g/mol. The largest absolute Gasteiger partial charge is 0.359 e. The van der Waals surface area contributed by atoms with Crippen LogP contribution in [0.2, 0.25) is 10.0 Å². The van der Waals surface area contributed by atoms with E-state index in [2.05, 4.69) is 4.98 Å². The topological polar surface area (TPSA) is 76.0 Å². The molecule has 0 unspecified atom stereocenters. The third-order valence-corrected chi connectivity index (χ3v) is 4.80. The fourth-order valence-corrected chi connectivity index (χ4v) is 3.64. The van der Waals surface area contributed by atoms with Gasteiger partial charge in [-0.2, -0.15) is 0 Å². The van der Waals surface area contributed by atoms with E-state index in [0.29, 0.717) is 32.1 Å². The summed E-state index contributed by atoms with van der Waals surface area (Å²) >= 11 is 12.3. The van der Waals surface area contributed by atoms with Gasteiger partial charge >= 0.3 is 0 Å². The molecule has 0 bridgehead atoms. The Morgan fingerprint density at radius 1 is 0.952 bits per heavy atom. The van der Waals surface area contributed by atoms with E-state index in [-0.39, 0.29) is 4.90 Å². The van der Waals surface area contributed by atoms with Gasteiger partial charge in [-0.05, 0) is 12.1 Å². The Morgan fingerprint density at radius 2 is 1.67 bits per heavy atom. The number of hydrogen-bond donors (Lipinski definition) is 2. The normalized spacial score (nSPS) is 12.0. The minimum absolute atomic E-state index is 0.0549. The van der Waals surface area contributed by atoms with Crippen LogP contribution in [-0.4, -0.2) is 13.4 Å². The van der Waals surface area contributed by atoms with Gasteiger partial charge in [0.15, 0.2) is 0 Å². The van der Waals surface area contributed by atoms with Gasteiger partial charge in [0.25, 0.3) is 0 Å². The zero-order valence-electron chi connectivity index (χ0n) is 10.6. The van der Waals surface area contributed by atoms with Crippen LogP contribution in [0.1, 0.15) is 0 Å². The number of primary sulfonamides is 1. The number of sulfonamides is 1. The fraction of sp³-hybridized carbons (Fsp3) is 0. The first-order valence-electron chi connectivity index (χ1n) is 5.97. The van der Waals surface area contributed by atoms with Gasteiger partial charge in [-0.15, -0.1) is 0 Å². The molecular weight excluding hydrogens is 331 g/mol. The van der Waals surface area contributed by atoms with Crippen molar-refractivity contribution >= 4 is 44.1 Å². The van der Waals surface area contributed by atoms with Crippen LogP contribution in [0.25, 0.3) is 22.0 Å². The molecule has 3 aromatic rings. The highest BCUT2D eigenvalue weighted by molar-refractivity contribution is 7.89. The van der Waals surface area contributed by atoms with E-state index in [1.807, 2.05) is 0 Å². The number of nitrogens with one attached hydrogen (secondary N) is 1. The molecule has 0 saturated carbocycles. The predicted molar refractivity (Wildman–Crippen MR) is 85.1 cm³/mol. The molecule has 108 valence electrons. The van der Waals surface area contributed by atoms with E-state index < -0.39 is 10.0 Å². The number of aromatic nitrogens is 1. The summed E-state index contributed by atoms with van der Waals surface area (Å²) in [4.78, 5) is 3.08. The quantitative estimate of drug-likeness (QED) is 0.744. The molecule has 3 rings (SSSR count). The third kappa shape index (κ3) is 2.42. The Balaban J connectivity index is 2.41. The Labute approximate surface area is 131 Å². The molecule has 0 aliphatic heterocycles. The van der Waals surface area contributed by atoms with Crippen LogP contribution in [0, 0.1) is 0 Å². The average Bonchev–Trinajstić information content (AvgIpc) is 2.82. The number of halogens is 2. The second-order valence-electron chi connectivity index (χ2n) is 4.52. The van der Waals surface area contributed by atoms with Crippen LogP contribution in [0.4, 0.5) is 0 Å². The number of nitrogens with two attached hydrogens (primary N) is 1. The molecule has 3 N–H and O–H groups in total. The van der Waals surface area contributed by atoms with Crippen molar-refractivity contribution in [2.75, 3.05) is 0 Å². The molecule has 0 amide bonds. The van der Waals surface area contributed by atoms with E-state index in [1.54, 1.807) is 36.5 Å². The van der Waals surface area contributed by atoms with Crippen LogP contribution in [0.5, 0.6) is 0 Å². The van der Waals surface area contributed by atoms with E-state index in [4.69, 9.17) is 28.3 Å². The number of hydrogen-bond acceptors (Lipinski definition) is 2. The lowest BCUT2D eigenvalue weighted by Crippen LogP contribution is -2.13. The maximum atomic E-state index is 11.8. The maximum Gasteiger partial charge on any atom is 0.238 e. The standard InChI is InChI=1S/C14H10Cl2N2O2S/c15-10-6-5-9(14-13(10)11(16)7-18-14)8-3-1-2-4-12(8)21(17,19)20/h1-7,18H,(H2,17,19,20). The summed E-state index contributed by atoms with van der Waals surface area (Å²) in [6, 6.07) is 9.94. The third-order valence-electron chi connectivity index (χ3n) is 3.22. The van der Waals surface area contributed by atoms with Gasteiger partial charge in [-0.3, -0.25) is 0 Å². The van der Waals surface area contributed by atoms with Crippen molar-refractivity contribution < 1.29 is 8.42 Å². The highest BCUT2D eigenvalue weighted by Crippen LogP contribution is 2.38. The summed E-state index contributed by atoms with van der Waals surface area (Å²) in [5.41, 5.74) is 1.84. The fourth-order valence-electron chi connectivity index (χ4n) is 2.33. The average molecular weight is 341 g/mol. The smallest absolute Gasteiger partial charge is 0.238 e. The van der Waals surface area contributed by atoms with Gasteiger partial charge < -0.3 is 4.98 Å². The molecule has 0 fully saturated rings. The van der Waals surface area contributed by atoms with Gasteiger partial charge in [0, 0.05) is 22.7 Å². The Bertz CT molecular complexity index is 949. The number of H-pyrrole nitrogens is 1. The van der Waals surface area contributed by atoms with Crippen molar-refractivity contribution in [3.8, 4) is 11.1 Å². The lowest BCUT2D eigenvalue weighted by atomic mass is 10.0. The van der Waals surface area contributed by atoms with Crippen molar-refractivity contribution in [2.45, 2.75) is 4.90 Å². The number of benzene rings is 2. The molecule has 1 aromatic heterocycles. The first-order chi connectivity index (χ1) is 9.89. The molecule has 1 heterocycles. The summed E-state index contributed by atoms with van der Waals surface area (Å²) in [5, 5.41) is 6.91. The molecule has 0 radical (unpaired) electrons. The molecular formula is C14H10Cl2N2O2S. The molecule has 0 aliphatic rings. The minimum atomic E-state index is -3.83. The summed E-state index contributed by atoms with van der Waals surface area (Å²) in [5.74, 6) is 0. The van der Waals surface area contributed by atoms with Crippen molar-refractivity contribution in [1.29, 1.82) is 0 Å². The van der Waals surface area contributed by atoms with Crippen molar-refractivity contribution in [1.82, 2.24) is 4.98 Å². The Morgan fingerprint density at radius 3 is 2.38 bits per heavy atom. The Kier molecular flexibility index (Phi) is 3.45. The lowest BCUT2D eigenvalue weighted by Gasteiger charge is -2.09. The molecule has 0 atom stereocenters. The second-order valence-corrected chi connectivity index (χ2v) is 6.87. The van der Waals surface area contributed by atoms with Crippen molar-refractivity contribution in [2.24, 2.45) is 5.14 Å². The predicted octanol–water partition coefficient (Wildman–Crippen LogP) is 3.79. The van der Waals surface area contributed by atoms with E-state index >= 15 is 0 Å². The number of rotatable bonds is 2. The zero-order valence-corrected chi connectivity index (χ0v) is 12.9. The zero-order chi connectivity index (χ0) is 15.2. The van der Waals surface area contributed by atoms with E-state index in [9.17, 15) is 8.42 Å². The molecule has 0 spiro atoms. The van der Waals surface area contributed by atoms with Gasteiger partial charge in [-0.1, -0.05) is 47.5 Å². The SMILES string of the molecule is NS(=O)(=O)c1ccccc1-c1ccc(Cl)c2c(Cl)c[nH]c12. The minimum Gasteiger partial charge on any atom is -0.359 e. The van der Waals surface area contributed by atoms with Gasteiger partial charge in [0.05, 0.1) is 20.5 Å². The summed E-state index contributed by atoms with van der Waals surface area (Å²) in [6.45, 7) is 0. The first-order valence-corrected chi connectivity index (χ1v) is 8.27. The molecule has 7 heteroatoms. The molecule has 21 heavy (non-hydrogen) atoms. The lowest BCUT2D eigenvalue weighted by molar-refractivity contribution is 0.598. The van der Waals surface area contributed by atoms with Crippen LogP contribution < -0.4 is 5.14 Å². The maximum absolute atomic E-state index is 11.8. The first kappa shape index (κ1) is 14.4. The van der Waals surface area contributed by atoms with Crippen LogP contribution in [0.15, 0.2) is 47.5 Å².